The molecular formula is C44H48O12. The van der Waals surface area contributed by atoms with Crippen molar-refractivity contribution in [3.8, 4) is 0 Å². The molecule has 0 saturated carbocycles. The van der Waals surface area contributed by atoms with E-state index in [1.165, 1.54) is 11.1 Å². The Morgan fingerprint density at radius 1 is 0.482 bits per heavy atom. The molecule has 56 heavy (non-hydrogen) atoms. The molecule has 0 N–H and O–H groups in total. The Balaban J connectivity index is 0.000000147. The summed E-state index contributed by atoms with van der Waals surface area (Å²) >= 11 is 0. The summed E-state index contributed by atoms with van der Waals surface area (Å²) in [4.78, 5) is 0. The van der Waals surface area contributed by atoms with Crippen LogP contribution in [0.2, 0.25) is 0 Å². The lowest BCUT2D eigenvalue weighted by Gasteiger charge is -2.42. The lowest BCUT2D eigenvalue weighted by Crippen LogP contribution is -2.53. The predicted octanol–water partition coefficient (Wildman–Crippen LogP) is 7.36. The van der Waals surface area contributed by atoms with Crippen LogP contribution < -0.4 is 0 Å². The third kappa shape index (κ3) is 10.0. The maximum atomic E-state index is 5.87. The molecule has 6 aliphatic rings. The zero-order chi connectivity index (χ0) is 39.0. The minimum atomic E-state index is -1.37. The van der Waals surface area contributed by atoms with E-state index in [0.717, 1.165) is 29.5 Å². The summed E-state index contributed by atoms with van der Waals surface area (Å²) < 4.78 is 65.4. The van der Waals surface area contributed by atoms with E-state index in [-0.39, 0.29) is 17.9 Å². The Morgan fingerprint density at radius 2 is 0.893 bits per heavy atom. The van der Waals surface area contributed by atoms with Gasteiger partial charge in [-0.05, 0) is 40.7 Å². The Labute approximate surface area is 327 Å². The lowest BCUT2D eigenvalue weighted by atomic mass is 9.99. The molecule has 12 nitrogen and oxygen atoms in total. The Morgan fingerprint density at radius 3 is 1.29 bits per heavy atom. The van der Waals surface area contributed by atoms with E-state index < -0.39 is 18.5 Å². The molecule has 2 atom stereocenters. The van der Waals surface area contributed by atoms with E-state index in [9.17, 15) is 0 Å². The molecule has 0 aromatic heterocycles. The molecule has 296 valence electrons. The number of rotatable bonds is 7. The molecule has 0 radical (unpaired) electrons. The van der Waals surface area contributed by atoms with Gasteiger partial charge in [-0.15, -0.1) is 0 Å². The van der Waals surface area contributed by atoms with Crippen molar-refractivity contribution in [3.05, 3.63) is 157 Å². The van der Waals surface area contributed by atoms with Gasteiger partial charge in [-0.25, -0.2) is 0 Å². The van der Waals surface area contributed by atoms with Crippen molar-refractivity contribution in [3.63, 3.8) is 0 Å². The van der Waals surface area contributed by atoms with Crippen molar-refractivity contribution >= 4 is 12.2 Å². The molecule has 0 aliphatic carbocycles. The van der Waals surface area contributed by atoms with Gasteiger partial charge in [0.2, 0.25) is 0 Å². The second-order valence-corrected chi connectivity index (χ2v) is 13.9. The van der Waals surface area contributed by atoms with E-state index in [2.05, 4.69) is 81.4 Å². The summed E-state index contributed by atoms with van der Waals surface area (Å²) in [6, 6.07) is 26.6. The Hall–Kier alpha value is -4.60. The molecule has 6 heterocycles. The van der Waals surface area contributed by atoms with Crippen molar-refractivity contribution in [1.29, 1.82) is 0 Å². The Bertz CT molecular complexity index is 1730. The molecule has 3 spiro atoms. The average Bonchev–Trinajstić information content (AvgIpc) is 4.02. The van der Waals surface area contributed by atoms with Gasteiger partial charge in [0.1, 0.15) is 43.2 Å². The summed E-state index contributed by atoms with van der Waals surface area (Å²) in [7, 11) is 0. The van der Waals surface area contributed by atoms with Crippen molar-refractivity contribution in [2.45, 2.75) is 37.4 Å². The molecule has 9 rings (SSSR count). The normalized spacial score (nSPS) is 28.8. The maximum Gasteiger partial charge on any atom is 0.510 e. The summed E-state index contributed by atoms with van der Waals surface area (Å²) in [6.45, 7) is 21.9. The van der Waals surface area contributed by atoms with E-state index >= 15 is 0 Å². The molecule has 12 heteroatoms. The number of hydrogen-bond donors (Lipinski definition) is 0. The first kappa shape index (κ1) is 39.6. The Kier molecular flexibility index (Phi) is 12.5. The standard InChI is InChI=1S/C25H28O4.C12H12O4.C7H8O4/c1-3-19-5-9-21(10-6-19)13-23-15-26-25(27-16-23)28-17-24(18-29-25)14-22-11-7-20(4-2)8-12-22;1-9-7-13-12(15-9)14-8-11(16-12)10-5-3-2-4-6-10;1-5-3-8-7(10-5)9-4-6(2)11-7/h3-12,23-24H,1-2,13-18H2;2-6,11H,1,7-8H2;1-4H2. The zero-order valence-corrected chi connectivity index (χ0v) is 31.4. The fraction of sp³-hybridized carbons (Fsp3) is 0.364. The molecule has 0 amide bonds. The SMILES string of the molecule is C=C1COC2(OCC(=C)O2)O1.C=C1COC2(OCC(c3ccccc3)O2)O1.C=Cc1ccc(CC2COC3(OC2)OCC(Cc2ccc(C=C)cc2)CO3)cc1. The highest BCUT2D eigenvalue weighted by atomic mass is 17.1. The van der Waals surface area contributed by atoms with Gasteiger partial charge in [0, 0.05) is 11.8 Å². The molecule has 3 aromatic carbocycles. The van der Waals surface area contributed by atoms with Crippen LogP contribution in [0.15, 0.2) is 129 Å². The van der Waals surface area contributed by atoms with Crippen LogP contribution in [0, 0.1) is 11.8 Å². The number of benzene rings is 3. The van der Waals surface area contributed by atoms with Gasteiger partial charge in [-0.3, -0.25) is 23.7 Å². The van der Waals surface area contributed by atoms with Crippen LogP contribution in [0.4, 0.5) is 0 Å². The monoisotopic (exact) mass is 768 g/mol. The zero-order valence-electron chi connectivity index (χ0n) is 31.4. The van der Waals surface area contributed by atoms with Gasteiger partial charge < -0.3 is 33.2 Å². The summed E-state index contributed by atoms with van der Waals surface area (Å²) in [5.74, 6) is 2.08. The molecule has 2 unspecified atom stereocenters. The van der Waals surface area contributed by atoms with Crippen LogP contribution in [0.1, 0.15) is 33.9 Å². The predicted molar refractivity (Wildman–Crippen MR) is 204 cm³/mol. The highest BCUT2D eigenvalue weighted by Gasteiger charge is 2.51. The third-order valence-electron chi connectivity index (χ3n) is 9.37. The van der Waals surface area contributed by atoms with E-state index in [0.29, 0.717) is 70.1 Å². The van der Waals surface area contributed by atoms with E-state index in [1.54, 1.807) is 0 Å². The van der Waals surface area contributed by atoms with E-state index in [4.69, 9.17) is 56.8 Å². The van der Waals surface area contributed by atoms with Gasteiger partial charge in [-0.2, -0.15) is 0 Å². The number of ether oxygens (including phenoxy) is 12. The first-order chi connectivity index (χ1) is 27.2. The van der Waals surface area contributed by atoms with Crippen LogP contribution in [-0.2, 0) is 69.7 Å². The van der Waals surface area contributed by atoms with Crippen LogP contribution in [0.25, 0.3) is 12.2 Å². The maximum absolute atomic E-state index is 5.87. The van der Waals surface area contributed by atoms with Gasteiger partial charge in [0.15, 0.2) is 0 Å². The summed E-state index contributed by atoms with van der Waals surface area (Å²) in [5.41, 5.74) is 5.82. The van der Waals surface area contributed by atoms with Gasteiger partial charge in [-0.1, -0.05) is 124 Å². The third-order valence-corrected chi connectivity index (χ3v) is 9.37. The number of hydrogen-bond acceptors (Lipinski definition) is 12. The largest absolute Gasteiger partial charge is 0.510 e. The molecule has 6 aliphatic heterocycles. The molecule has 0 bridgehead atoms. The van der Waals surface area contributed by atoms with Crippen molar-refractivity contribution in [1.82, 2.24) is 0 Å². The first-order valence-corrected chi connectivity index (χ1v) is 18.5. The highest BCUT2D eigenvalue weighted by molar-refractivity contribution is 5.47. The van der Waals surface area contributed by atoms with Gasteiger partial charge in [0.05, 0.1) is 33.0 Å². The molecule has 6 saturated heterocycles. The van der Waals surface area contributed by atoms with Gasteiger partial charge in [0.25, 0.3) is 0 Å². The van der Waals surface area contributed by atoms with Crippen molar-refractivity contribution < 1.29 is 56.8 Å². The first-order valence-electron chi connectivity index (χ1n) is 18.5. The van der Waals surface area contributed by atoms with Crippen molar-refractivity contribution in [2.24, 2.45) is 11.8 Å². The van der Waals surface area contributed by atoms with Crippen LogP contribution in [-0.4, -0.2) is 71.3 Å². The van der Waals surface area contributed by atoms with Crippen LogP contribution >= 0.6 is 0 Å². The molecule has 3 aromatic rings. The average molecular weight is 769 g/mol. The van der Waals surface area contributed by atoms with Crippen LogP contribution in [0.3, 0.4) is 0 Å². The fourth-order valence-electron chi connectivity index (χ4n) is 6.42. The highest BCUT2D eigenvalue weighted by Crippen LogP contribution is 2.40. The quantitative estimate of drug-likeness (QED) is 0.240. The summed E-state index contributed by atoms with van der Waals surface area (Å²) in [5, 5.41) is 0. The van der Waals surface area contributed by atoms with Crippen molar-refractivity contribution in [2.75, 3.05) is 52.9 Å². The van der Waals surface area contributed by atoms with Crippen LogP contribution in [0.5, 0.6) is 0 Å². The topological polar surface area (TPSA) is 111 Å². The summed E-state index contributed by atoms with van der Waals surface area (Å²) in [6.07, 6.45) is 1.28. The molecule has 6 fully saturated rings. The smallest absolute Gasteiger partial charge is 0.419 e. The minimum absolute atomic E-state index is 0.160. The fourth-order valence-corrected chi connectivity index (χ4v) is 6.42. The minimum Gasteiger partial charge on any atom is -0.419 e. The second kappa shape index (κ2) is 17.7. The lowest BCUT2D eigenvalue weighted by molar-refractivity contribution is -0.534. The second-order valence-electron chi connectivity index (χ2n) is 13.9. The van der Waals surface area contributed by atoms with E-state index in [1.807, 2.05) is 42.5 Å². The van der Waals surface area contributed by atoms with Gasteiger partial charge >= 0.3 is 18.5 Å². The molecular weight excluding hydrogens is 720 g/mol.